The fraction of sp³-hybridized carbons (Fsp3) is 0.333. The van der Waals surface area contributed by atoms with Gasteiger partial charge in [0.15, 0.2) is 9.84 Å². The van der Waals surface area contributed by atoms with Crippen LogP contribution in [0.2, 0.25) is 0 Å². The second kappa shape index (κ2) is 9.72. The van der Waals surface area contributed by atoms with Crippen LogP contribution in [-0.2, 0) is 25.8 Å². The summed E-state index contributed by atoms with van der Waals surface area (Å²) in [4.78, 5) is 26.0. The summed E-state index contributed by atoms with van der Waals surface area (Å²) in [7, 11) is -3.93. The Labute approximate surface area is 197 Å². The number of halogens is 4. The van der Waals surface area contributed by atoms with Gasteiger partial charge < -0.3 is 15.0 Å². The highest BCUT2D eigenvalue weighted by molar-refractivity contribution is 9.10. The summed E-state index contributed by atoms with van der Waals surface area (Å²) in [6, 6.07) is 7.68. The maximum Gasteiger partial charge on any atom is 0.573 e. The molecule has 0 aliphatic carbocycles. The number of nitrogens with one attached hydrogen (secondary N) is 1. The van der Waals surface area contributed by atoms with Crippen molar-refractivity contribution in [1.29, 1.82) is 0 Å². The summed E-state index contributed by atoms with van der Waals surface area (Å²) in [5.41, 5.74) is 1.27. The van der Waals surface area contributed by atoms with Crippen molar-refractivity contribution < 1.29 is 35.9 Å². The number of amides is 2. The highest BCUT2D eigenvalue weighted by atomic mass is 79.9. The number of sulfone groups is 1. The second-order valence-electron chi connectivity index (χ2n) is 7.25. The molecule has 0 bridgehead atoms. The molecule has 0 fully saturated rings. The molecule has 2 aromatic carbocycles. The maximum atomic E-state index is 13.1. The van der Waals surface area contributed by atoms with Gasteiger partial charge in [-0.2, -0.15) is 0 Å². The van der Waals surface area contributed by atoms with Crippen LogP contribution in [0, 0.1) is 0 Å². The summed E-state index contributed by atoms with van der Waals surface area (Å²) in [6.45, 7) is 2.08. The highest BCUT2D eigenvalue weighted by Crippen LogP contribution is 2.38. The van der Waals surface area contributed by atoms with Gasteiger partial charge in [-0.1, -0.05) is 22.9 Å². The zero-order chi connectivity index (χ0) is 24.4. The van der Waals surface area contributed by atoms with Gasteiger partial charge in [0, 0.05) is 29.5 Å². The van der Waals surface area contributed by atoms with E-state index in [1.54, 1.807) is 13.0 Å². The minimum Gasteiger partial charge on any atom is -0.406 e. The predicted octanol–water partition coefficient (Wildman–Crippen LogP) is 4.45. The molecular formula is C21H20BrF3N2O5S. The average Bonchev–Trinajstić information content (AvgIpc) is 3.15. The molecule has 0 atom stereocenters. The number of alkyl halides is 3. The molecule has 0 unspecified atom stereocenters. The molecule has 1 aliphatic rings. The summed E-state index contributed by atoms with van der Waals surface area (Å²) in [5, 5.41) is 2.44. The number of carbonyl (C=O) groups is 2. The Balaban J connectivity index is 1.71. The van der Waals surface area contributed by atoms with E-state index in [4.69, 9.17) is 0 Å². The fourth-order valence-electron chi connectivity index (χ4n) is 3.45. The van der Waals surface area contributed by atoms with Crippen LogP contribution in [0.3, 0.4) is 0 Å². The van der Waals surface area contributed by atoms with Crippen molar-refractivity contribution in [2.45, 2.75) is 37.4 Å². The number of anilines is 2. The van der Waals surface area contributed by atoms with Gasteiger partial charge >= 0.3 is 6.36 Å². The first-order valence-corrected chi connectivity index (χ1v) is 12.4. The fourth-order valence-corrected chi connectivity index (χ4v) is 5.62. The largest absolute Gasteiger partial charge is 0.573 e. The Kier molecular flexibility index (Phi) is 7.37. The summed E-state index contributed by atoms with van der Waals surface area (Å²) in [6.07, 6.45) is -4.46. The van der Waals surface area contributed by atoms with Crippen molar-refractivity contribution in [1.82, 2.24) is 0 Å². The van der Waals surface area contributed by atoms with Gasteiger partial charge in [-0.05, 0) is 48.4 Å². The summed E-state index contributed by atoms with van der Waals surface area (Å²) >= 11 is 3.30. The minimum atomic E-state index is -4.83. The van der Waals surface area contributed by atoms with Gasteiger partial charge in [0.1, 0.15) is 5.75 Å². The lowest BCUT2D eigenvalue weighted by atomic mass is 10.2. The molecule has 1 N–H and O–H groups in total. The number of hydrogen-bond donors (Lipinski definition) is 1. The van der Waals surface area contributed by atoms with E-state index >= 15 is 0 Å². The number of benzene rings is 2. The second-order valence-corrected chi connectivity index (χ2v) is 10.2. The van der Waals surface area contributed by atoms with Crippen LogP contribution in [0.4, 0.5) is 24.5 Å². The van der Waals surface area contributed by atoms with Gasteiger partial charge in [-0.15, -0.1) is 13.2 Å². The third kappa shape index (κ3) is 6.26. The first-order valence-electron chi connectivity index (χ1n) is 9.91. The van der Waals surface area contributed by atoms with Gasteiger partial charge in [0.2, 0.25) is 11.8 Å². The number of fused-ring (bicyclic) bond motifs is 1. The van der Waals surface area contributed by atoms with Crippen molar-refractivity contribution in [3.05, 3.63) is 46.4 Å². The standard InChI is InChI=1S/C21H20BrF3N2O5S/c1-2-19(29)27-9-7-13-11-14(22)12-17(20(13)27)33(30,31)10-8-18(28)26-15-3-5-16(6-4-15)32-21(23,24)25/h3-6,11-12H,2,7-10H2,1H3,(H,26,28). The van der Waals surface area contributed by atoms with Crippen molar-refractivity contribution in [2.24, 2.45) is 0 Å². The first kappa shape index (κ1) is 25.0. The molecule has 2 amide bonds. The van der Waals surface area contributed by atoms with E-state index in [0.717, 1.165) is 17.7 Å². The van der Waals surface area contributed by atoms with Crippen LogP contribution < -0.4 is 15.0 Å². The summed E-state index contributed by atoms with van der Waals surface area (Å²) < 4.78 is 67.1. The first-order chi connectivity index (χ1) is 15.4. The van der Waals surface area contributed by atoms with Gasteiger partial charge in [-0.3, -0.25) is 9.59 Å². The minimum absolute atomic E-state index is 0.0207. The van der Waals surface area contributed by atoms with Gasteiger partial charge in [0.25, 0.3) is 0 Å². The van der Waals surface area contributed by atoms with Crippen LogP contribution in [0.1, 0.15) is 25.3 Å². The number of carbonyl (C=O) groups excluding carboxylic acids is 2. The molecule has 0 spiro atoms. The average molecular weight is 549 g/mol. The molecule has 0 aromatic heterocycles. The van der Waals surface area contributed by atoms with Gasteiger partial charge in [0.05, 0.1) is 16.3 Å². The Morgan fingerprint density at radius 2 is 1.85 bits per heavy atom. The van der Waals surface area contributed by atoms with Crippen LogP contribution in [0.5, 0.6) is 5.75 Å². The van der Waals surface area contributed by atoms with E-state index in [-0.39, 0.29) is 29.3 Å². The van der Waals surface area contributed by atoms with Crippen LogP contribution >= 0.6 is 15.9 Å². The van der Waals surface area contributed by atoms with Crippen molar-refractivity contribution in [2.75, 3.05) is 22.5 Å². The number of ether oxygens (including phenoxy) is 1. The molecule has 33 heavy (non-hydrogen) atoms. The van der Waals surface area contributed by atoms with Crippen LogP contribution in [-0.4, -0.2) is 38.9 Å². The number of nitrogens with zero attached hydrogens (tertiary/aromatic N) is 1. The Morgan fingerprint density at radius 1 is 1.18 bits per heavy atom. The topological polar surface area (TPSA) is 92.8 Å². The molecule has 12 heteroatoms. The molecule has 0 radical (unpaired) electrons. The molecule has 0 saturated carbocycles. The molecule has 178 valence electrons. The lowest BCUT2D eigenvalue weighted by Crippen LogP contribution is -2.29. The lowest BCUT2D eigenvalue weighted by Gasteiger charge is -2.20. The number of hydrogen-bond acceptors (Lipinski definition) is 5. The van der Waals surface area contributed by atoms with Crippen molar-refractivity contribution >= 4 is 49.0 Å². The number of rotatable bonds is 7. The van der Waals surface area contributed by atoms with Gasteiger partial charge in [-0.25, -0.2) is 8.42 Å². The Morgan fingerprint density at radius 3 is 2.45 bits per heavy atom. The molecule has 3 rings (SSSR count). The molecule has 7 nitrogen and oxygen atoms in total. The van der Waals surface area contributed by atoms with Crippen LogP contribution in [0.25, 0.3) is 0 Å². The molecular weight excluding hydrogens is 529 g/mol. The molecule has 2 aromatic rings. The quantitative estimate of drug-likeness (QED) is 0.551. The predicted molar refractivity (Wildman–Crippen MR) is 119 cm³/mol. The third-order valence-electron chi connectivity index (χ3n) is 4.90. The van der Waals surface area contributed by atoms with Crippen LogP contribution in [0.15, 0.2) is 45.8 Å². The SMILES string of the molecule is CCC(=O)N1CCc2cc(Br)cc(S(=O)(=O)CCC(=O)Nc3ccc(OC(F)(F)F)cc3)c21. The highest BCUT2D eigenvalue weighted by Gasteiger charge is 2.32. The zero-order valence-corrected chi connectivity index (χ0v) is 19.8. The normalized spacial score (nSPS) is 13.5. The van der Waals surface area contributed by atoms with E-state index in [0.29, 0.717) is 23.1 Å². The zero-order valence-electron chi connectivity index (χ0n) is 17.4. The maximum absolute atomic E-state index is 13.1. The molecule has 0 saturated heterocycles. The summed E-state index contributed by atoms with van der Waals surface area (Å²) in [5.74, 6) is -1.78. The monoisotopic (exact) mass is 548 g/mol. The van der Waals surface area contributed by atoms with Crippen molar-refractivity contribution in [3.8, 4) is 5.75 Å². The van der Waals surface area contributed by atoms with E-state index in [9.17, 15) is 31.2 Å². The van der Waals surface area contributed by atoms with Crippen molar-refractivity contribution in [3.63, 3.8) is 0 Å². The lowest BCUT2D eigenvalue weighted by molar-refractivity contribution is -0.274. The van der Waals surface area contributed by atoms with E-state index in [1.165, 1.54) is 23.1 Å². The van der Waals surface area contributed by atoms with E-state index in [2.05, 4.69) is 26.0 Å². The smallest absolute Gasteiger partial charge is 0.406 e. The van der Waals surface area contributed by atoms with E-state index in [1.807, 2.05) is 0 Å². The molecule has 1 heterocycles. The Hall–Kier alpha value is -2.60. The van der Waals surface area contributed by atoms with E-state index < -0.39 is 33.6 Å². The Bertz CT molecular complexity index is 1170. The molecule has 1 aliphatic heterocycles. The third-order valence-corrected chi connectivity index (χ3v) is 7.08.